The van der Waals surface area contributed by atoms with Gasteiger partial charge in [-0.15, -0.1) is 0 Å². The molecule has 128 valence electrons. The van der Waals surface area contributed by atoms with Crippen LogP contribution in [0.5, 0.6) is 0 Å². The van der Waals surface area contributed by atoms with Crippen LogP contribution in [0.3, 0.4) is 0 Å². The third-order valence-corrected chi connectivity index (χ3v) is 4.93. The number of nitrogens with zero attached hydrogens (tertiary/aromatic N) is 2. The van der Waals surface area contributed by atoms with Crippen molar-refractivity contribution in [1.29, 1.82) is 0 Å². The van der Waals surface area contributed by atoms with E-state index in [9.17, 15) is 0 Å². The number of hydrogen-bond acceptors (Lipinski definition) is 3. The Morgan fingerprint density at radius 1 is 1.00 bits per heavy atom. The van der Waals surface area contributed by atoms with Crippen LogP contribution in [-0.4, -0.2) is 9.97 Å². The molecule has 3 rings (SSSR count). The van der Waals surface area contributed by atoms with Crippen molar-refractivity contribution in [3.63, 3.8) is 0 Å². The number of anilines is 1. The molecule has 0 spiro atoms. The van der Waals surface area contributed by atoms with Gasteiger partial charge in [0.2, 0.25) is 5.95 Å². The number of halogens is 1. The largest absolute Gasteiger partial charge is 0.368 e. The molecule has 1 aromatic heterocycles. The van der Waals surface area contributed by atoms with E-state index >= 15 is 0 Å². The molecule has 2 N–H and O–H groups in total. The fraction of sp³-hybridized carbons (Fsp3) is 0.238. The van der Waals surface area contributed by atoms with Gasteiger partial charge in [0.1, 0.15) is 0 Å². The van der Waals surface area contributed by atoms with Gasteiger partial charge in [0.15, 0.2) is 0 Å². The Kier molecular flexibility index (Phi) is 4.78. The molecular weight excluding hydrogens is 330 g/mol. The zero-order valence-electron chi connectivity index (χ0n) is 14.8. The first-order chi connectivity index (χ1) is 11.9. The van der Waals surface area contributed by atoms with Crippen molar-refractivity contribution in [3.8, 4) is 11.3 Å². The molecule has 3 nitrogen and oxygen atoms in total. The second-order valence-corrected chi connectivity index (χ2v) is 7.35. The van der Waals surface area contributed by atoms with Gasteiger partial charge in [-0.25, -0.2) is 9.97 Å². The van der Waals surface area contributed by atoms with Crippen LogP contribution in [0.4, 0.5) is 5.95 Å². The zero-order valence-corrected chi connectivity index (χ0v) is 15.5. The molecule has 0 bridgehead atoms. The Hall–Kier alpha value is -2.39. The Bertz CT molecular complexity index is 889. The van der Waals surface area contributed by atoms with Gasteiger partial charge in [-0.2, -0.15) is 0 Å². The maximum absolute atomic E-state index is 6.26. The van der Waals surface area contributed by atoms with Gasteiger partial charge in [0.05, 0.1) is 5.69 Å². The molecule has 2 aromatic carbocycles. The number of nitrogens with two attached hydrogens (primary N) is 1. The monoisotopic (exact) mass is 351 g/mol. The van der Waals surface area contributed by atoms with Gasteiger partial charge in [-0.05, 0) is 42.0 Å². The van der Waals surface area contributed by atoms with E-state index in [0.717, 1.165) is 34.0 Å². The molecule has 0 fully saturated rings. The van der Waals surface area contributed by atoms with E-state index in [1.165, 1.54) is 5.56 Å². The van der Waals surface area contributed by atoms with Gasteiger partial charge < -0.3 is 5.73 Å². The molecule has 0 amide bonds. The number of aromatic nitrogens is 2. The number of hydrogen-bond donors (Lipinski definition) is 1. The lowest BCUT2D eigenvalue weighted by molar-refractivity contribution is 0.515. The van der Waals surface area contributed by atoms with Crippen LogP contribution in [0.2, 0.25) is 5.02 Å². The highest BCUT2D eigenvalue weighted by Crippen LogP contribution is 2.31. The first-order valence-corrected chi connectivity index (χ1v) is 8.69. The topological polar surface area (TPSA) is 51.8 Å². The second kappa shape index (κ2) is 6.85. The fourth-order valence-electron chi connectivity index (χ4n) is 3.08. The van der Waals surface area contributed by atoms with E-state index < -0.39 is 0 Å². The van der Waals surface area contributed by atoms with Crippen molar-refractivity contribution < 1.29 is 0 Å². The highest BCUT2D eigenvalue weighted by molar-refractivity contribution is 6.31. The lowest BCUT2D eigenvalue weighted by Gasteiger charge is -2.25. The van der Waals surface area contributed by atoms with Crippen molar-refractivity contribution in [2.75, 3.05) is 5.73 Å². The van der Waals surface area contributed by atoms with E-state index in [4.69, 9.17) is 17.3 Å². The summed E-state index contributed by atoms with van der Waals surface area (Å²) in [6.07, 6.45) is 0.774. The summed E-state index contributed by atoms with van der Waals surface area (Å²) >= 11 is 6.26. The van der Waals surface area contributed by atoms with Crippen LogP contribution in [0.1, 0.15) is 30.7 Å². The summed E-state index contributed by atoms with van der Waals surface area (Å²) in [5.41, 5.74) is 10.9. The van der Waals surface area contributed by atoms with Gasteiger partial charge in [-0.3, -0.25) is 0 Å². The van der Waals surface area contributed by atoms with E-state index in [1.807, 2.05) is 37.3 Å². The van der Waals surface area contributed by atoms with Crippen LogP contribution in [-0.2, 0) is 11.8 Å². The van der Waals surface area contributed by atoms with Crippen molar-refractivity contribution in [2.45, 2.75) is 32.6 Å². The molecular formula is C21H22ClN3. The predicted molar refractivity (Wildman–Crippen MR) is 105 cm³/mol. The Labute approximate surface area is 153 Å². The predicted octanol–water partition coefficient (Wildman–Crippen LogP) is 5.21. The third-order valence-electron chi connectivity index (χ3n) is 4.52. The highest BCUT2D eigenvalue weighted by atomic mass is 35.5. The minimum Gasteiger partial charge on any atom is -0.368 e. The Morgan fingerprint density at radius 2 is 1.72 bits per heavy atom. The average Bonchev–Trinajstić information content (AvgIpc) is 2.57. The molecule has 4 heteroatoms. The van der Waals surface area contributed by atoms with E-state index in [1.54, 1.807) is 0 Å². The number of benzene rings is 2. The van der Waals surface area contributed by atoms with E-state index in [2.05, 4.69) is 48.1 Å². The van der Waals surface area contributed by atoms with Gasteiger partial charge in [-0.1, -0.05) is 67.9 Å². The molecule has 0 aliphatic carbocycles. The molecule has 0 atom stereocenters. The summed E-state index contributed by atoms with van der Waals surface area (Å²) in [6, 6.07) is 18.3. The van der Waals surface area contributed by atoms with Gasteiger partial charge in [0.25, 0.3) is 0 Å². The molecule has 0 unspecified atom stereocenters. The summed E-state index contributed by atoms with van der Waals surface area (Å²) in [7, 11) is 0. The van der Waals surface area contributed by atoms with Crippen molar-refractivity contribution >= 4 is 17.5 Å². The van der Waals surface area contributed by atoms with Crippen LogP contribution < -0.4 is 5.73 Å². The minimum atomic E-state index is -0.0529. The van der Waals surface area contributed by atoms with E-state index in [-0.39, 0.29) is 11.4 Å². The van der Waals surface area contributed by atoms with Crippen molar-refractivity contribution in [1.82, 2.24) is 9.97 Å². The minimum absolute atomic E-state index is 0.0529. The molecule has 1 heterocycles. The molecule has 0 radical (unpaired) electrons. The summed E-state index contributed by atoms with van der Waals surface area (Å²) in [4.78, 5) is 8.87. The highest BCUT2D eigenvalue weighted by Gasteiger charge is 2.22. The lowest BCUT2D eigenvalue weighted by Crippen LogP contribution is -2.21. The van der Waals surface area contributed by atoms with Crippen LogP contribution in [0, 0.1) is 6.92 Å². The van der Waals surface area contributed by atoms with Crippen LogP contribution >= 0.6 is 11.6 Å². The van der Waals surface area contributed by atoms with Crippen LogP contribution in [0.25, 0.3) is 11.3 Å². The van der Waals surface area contributed by atoms with Crippen molar-refractivity contribution in [3.05, 3.63) is 76.4 Å². The summed E-state index contributed by atoms with van der Waals surface area (Å²) in [5, 5.41) is 0.723. The molecule has 25 heavy (non-hydrogen) atoms. The smallest absolute Gasteiger partial charge is 0.220 e. The molecule has 0 aliphatic rings. The molecule has 0 saturated heterocycles. The summed E-state index contributed by atoms with van der Waals surface area (Å²) in [5.74, 6) is 0.288. The maximum atomic E-state index is 6.26. The average molecular weight is 352 g/mol. The first kappa shape index (κ1) is 17.4. The third kappa shape index (κ3) is 3.83. The summed E-state index contributed by atoms with van der Waals surface area (Å²) < 4.78 is 0. The normalized spacial score (nSPS) is 11.5. The fourth-order valence-corrected chi connectivity index (χ4v) is 3.25. The Balaban J connectivity index is 1.99. The standard InChI is InChI=1S/C21H22ClN3/c1-14-17(10-7-11-18(14)22)19-12-16(24-20(23)25-19)13-21(2,3)15-8-5-4-6-9-15/h4-12H,13H2,1-3H3,(H2,23,24,25). The first-order valence-electron chi connectivity index (χ1n) is 8.31. The quantitative estimate of drug-likeness (QED) is 0.702. The molecule has 3 aromatic rings. The molecule has 0 aliphatic heterocycles. The van der Waals surface area contributed by atoms with Crippen LogP contribution in [0.15, 0.2) is 54.6 Å². The van der Waals surface area contributed by atoms with Gasteiger partial charge >= 0.3 is 0 Å². The van der Waals surface area contributed by atoms with Crippen molar-refractivity contribution in [2.24, 2.45) is 0 Å². The SMILES string of the molecule is Cc1c(Cl)cccc1-c1cc(CC(C)(C)c2ccccc2)nc(N)n1. The number of rotatable bonds is 4. The Morgan fingerprint density at radius 3 is 2.44 bits per heavy atom. The second-order valence-electron chi connectivity index (χ2n) is 6.94. The lowest BCUT2D eigenvalue weighted by atomic mass is 9.80. The molecule has 0 saturated carbocycles. The number of nitrogen functional groups attached to an aromatic ring is 1. The summed E-state index contributed by atoms with van der Waals surface area (Å²) in [6.45, 7) is 6.42. The zero-order chi connectivity index (χ0) is 18.0. The maximum Gasteiger partial charge on any atom is 0.220 e. The van der Waals surface area contributed by atoms with Gasteiger partial charge in [0, 0.05) is 16.3 Å². The van der Waals surface area contributed by atoms with E-state index in [0.29, 0.717) is 0 Å².